The second-order valence-electron chi connectivity index (χ2n) is 5.21. The van der Waals surface area contributed by atoms with Gasteiger partial charge in [0.05, 0.1) is 7.11 Å². The van der Waals surface area contributed by atoms with Gasteiger partial charge in [-0.15, -0.1) is 11.8 Å². The van der Waals surface area contributed by atoms with E-state index >= 15 is 0 Å². The average molecular weight is 265 g/mol. The Morgan fingerprint density at radius 3 is 2.50 bits per heavy atom. The number of hydrogen-bond donors (Lipinski definition) is 1. The molecule has 1 aliphatic rings. The molecular weight excluding hydrogens is 242 g/mol. The summed E-state index contributed by atoms with van der Waals surface area (Å²) in [5.41, 5.74) is 8.84. The molecule has 1 saturated carbocycles. The maximum atomic E-state index is 6.09. The van der Waals surface area contributed by atoms with Gasteiger partial charge in [-0.1, -0.05) is 12.8 Å². The van der Waals surface area contributed by atoms with Crippen LogP contribution >= 0.6 is 11.8 Å². The van der Waals surface area contributed by atoms with Crippen LogP contribution in [0.1, 0.15) is 36.8 Å². The van der Waals surface area contributed by atoms with Gasteiger partial charge in [0.2, 0.25) is 0 Å². The minimum Gasteiger partial charge on any atom is -0.496 e. The molecule has 0 saturated heterocycles. The van der Waals surface area contributed by atoms with Crippen LogP contribution in [0.2, 0.25) is 0 Å². The Hall–Kier alpha value is -0.670. The summed E-state index contributed by atoms with van der Waals surface area (Å²) in [6.07, 6.45) is 7.07. The molecule has 0 amide bonds. The molecule has 1 fully saturated rings. The summed E-state index contributed by atoms with van der Waals surface area (Å²) >= 11 is 1.80. The molecule has 2 N–H and O–H groups in total. The van der Waals surface area contributed by atoms with Crippen molar-refractivity contribution in [3.05, 3.63) is 23.3 Å². The van der Waals surface area contributed by atoms with Crippen molar-refractivity contribution in [3.8, 4) is 5.75 Å². The summed E-state index contributed by atoms with van der Waals surface area (Å²) in [6, 6.07) is 4.47. The van der Waals surface area contributed by atoms with Crippen LogP contribution in [0.5, 0.6) is 5.75 Å². The molecule has 1 aromatic rings. The first-order valence-electron chi connectivity index (χ1n) is 6.60. The van der Waals surface area contributed by atoms with E-state index in [4.69, 9.17) is 10.5 Å². The van der Waals surface area contributed by atoms with Gasteiger partial charge in [-0.3, -0.25) is 0 Å². The highest BCUT2D eigenvalue weighted by atomic mass is 32.2. The largest absolute Gasteiger partial charge is 0.496 e. The van der Waals surface area contributed by atoms with Crippen molar-refractivity contribution in [1.29, 1.82) is 0 Å². The zero-order chi connectivity index (χ0) is 13.2. The first kappa shape index (κ1) is 13.8. The summed E-state index contributed by atoms with van der Waals surface area (Å²) in [5.74, 6) is 1.01. The van der Waals surface area contributed by atoms with Crippen molar-refractivity contribution in [2.75, 3.05) is 19.9 Å². The molecule has 0 unspecified atom stereocenters. The van der Waals surface area contributed by atoms with Crippen molar-refractivity contribution in [2.24, 2.45) is 5.73 Å². The van der Waals surface area contributed by atoms with Gasteiger partial charge in [-0.2, -0.15) is 0 Å². The molecule has 0 atom stereocenters. The fourth-order valence-corrected chi connectivity index (χ4v) is 3.72. The lowest BCUT2D eigenvalue weighted by atomic mass is 9.78. The van der Waals surface area contributed by atoms with Gasteiger partial charge in [0, 0.05) is 22.4 Å². The van der Waals surface area contributed by atoms with Gasteiger partial charge in [-0.05, 0) is 43.7 Å². The number of hydrogen-bond acceptors (Lipinski definition) is 3. The summed E-state index contributed by atoms with van der Waals surface area (Å²) in [6.45, 7) is 2.86. The summed E-state index contributed by atoms with van der Waals surface area (Å²) in [7, 11) is 1.76. The molecule has 0 bridgehead atoms. The molecule has 2 nitrogen and oxygen atoms in total. The molecule has 0 spiro atoms. The topological polar surface area (TPSA) is 35.2 Å². The van der Waals surface area contributed by atoms with Crippen LogP contribution in [-0.4, -0.2) is 19.9 Å². The number of nitrogens with two attached hydrogens (primary N) is 1. The fourth-order valence-electron chi connectivity index (χ4n) is 3.10. The Kier molecular flexibility index (Phi) is 4.23. The summed E-state index contributed by atoms with van der Waals surface area (Å²) in [5, 5.41) is 0. The highest BCUT2D eigenvalue weighted by molar-refractivity contribution is 7.98. The molecule has 0 aromatic heterocycles. The maximum Gasteiger partial charge on any atom is 0.123 e. The third-order valence-corrected chi connectivity index (χ3v) is 5.12. The van der Waals surface area contributed by atoms with E-state index in [1.165, 1.54) is 41.7 Å². The van der Waals surface area contributed by atoms with Crippen molar-refractivity contribution >= 4 is 11.8 Å². The van der Waals surface area contributed by atoms with Crippen LogP contribution in [0.25, 0.3) is 0 Å². The molecule has 100 valence electrons. The first-order chi connectivity index (χ1) is 8.66. The van der Waals surface area contributed by atoms with E-state index in [1.807, 2.05) is 0 Å². The van der Waals surface area contributed by atoms with Crippen LogP contribution in [0.15, 0.2) is 17.0 Å². The van der Waals surface area contributed by atoms with Gasteiger partial charge in [0.1, 0.15) is 5.75 Å². The third-order valence-electron chi connectivity index (χ3n) is 4.24. The minimum atomic E-state index is 0.142. The summed E-state index contributed by atoms with van der Waals surface area (Å²) < 4.78 is 5.60. The lowest BCUT2D eigenvalue weighted by Crippen LogP contribution is -2.32. The van der Waals surface area contributed by atoms with E-state index in [0.29, 0.717) is 0 Å². The van der Waals surface area contributed by atoms with Gasteiger partial charge in [0.15, 0.2) is 0 Å². The predicted molar refractivity (Wildman–Crippen MR) is 78.7 cm³/mol. The Morgan fingerprint density at radius 2 is 2.00 bits per heavy atom. The lowest BCUT2D eigenvalue weighted by Gasteiger charge is -2.30. The number of methoxy groups -OCH3 is 1. The van der Waals surface area contributed by atoms with Crippen molar-refractivity contribution in [3.63, 3.8) is 0 Å². The Morgan fingerprint density at radius 1 is 1.33 bits per heavy atom. The zero-order valence-corrected chi connectivity index (χ0v) is 12.4. The minimum absolute atomic E-state index is 0.142. The molecular formula is C15H23NOS. The number of benzene rings is 1. The third kappa shape index (κ3) is 2.26. The highest BCUT2D eigenvalue weighted by Gasteiger charge is 2.36. The quantitative estimate of drug-likeness (QED) is 0.846. The molecule has 0 aliphatic heterocycles. The van der Waals surface area contributed by atoms with E-state index in [9.17, 15) is 0 Å². The highest BCUT2D eigenvalue weighted by Crippen LogP contribution is 2.45. The lowest BCUT2D eigenvalue weighted by molar-refractivity contribution is 0.376. The van der Waals surface area contributed by atoms with E-state index in [2.05, 4.69) is 25.3 Å². The smallest absolute Gasteiger partial charge is 0.123 e. The fraction of sp³-hybridized carbons (Fsp3) is 0.600. The second-order valence-corrected chi connectivity index (χ2v) is 6.06. The molecule has 1 aromatic carbocycles. The molecule has 18 heavy (non-hydrogen) atoms. The van der Waals surface area contributed by atoms with E-state index in [0.717, 1.165) is 12.3 Å². The Bertz CT molecular complexity index is 425. The zero-order valence-electron chi connectivity index (χ0n) is 11.6. The summed E-state index contributed by atoms with van der Waals surface area (Å²) in [4.78, 5) is 1.34. The number of aryl methyl sites for hydroxylation is 1. The standard InChI is InChI=1S/C15H23NOS/c1-11-8-13(17-2)12(9-14(11)18-3)15(10-16)6-4-5-7-15/h8-9H,4-7,10,16H2,1-3H3. The van der Waals surface area contributed by atoms with E-state index in [1.54, 1.807) is 18.9 Å². The van der Waals surface area contributed by atoms with Crippen LogP contribution in [-0.2, 0) is 5.41 Å². The van der Waals surface area contributed by atoms with Gasteiger partial charge in [-0.25, -0.2) is 0 Å². The Labute approximate surface area is 114 Å². The number of thioether (sulfide) groups is 1. The van der Waals surface area contributed by atoms with Crippen molar-refractivity contribution < 1.29 is 4.74 Å². The van der Waals surface area contributed by atoms with Crippen LogP contribution in [0.4, 0.5) is 0 Å². The normalized spacial score (nSPS) is 18.0. The molecule has 2 rings (SSSR count). The maximum absolute atomic E-state index is 6.09. The van der Waals surface area contributed by atoms with E-state index in [-0.39, 0.29) is 5.41 Å². The molecule has 3 heteroatoms. The van der Waals surface area contributed by atoms with Gasteiger partial charge >= 0.3 is 0 Å². The second kappa shape index (κ2) is 5.54. The van der Waals surface area contributed by atoms with Crippen LogP contribution < -0.4 is 10.5 Å². The van der Waals surface area contributed by atoms with Gasteiger partial charge < -0.3 is 10.5 Å². The van der Waals surface area contributed by atoms with Crippen molar-refractivity contribution in [1.82, 2.24) is 0 Å². The van der Waals surface area contributed by atoms with Crippen molar-refractivity contribution in [2.45, 2.75) is 42.9 Å². The Balaban J connectivity index is 2.53. The van der Waals surface area contributed by atoms with Crippen LogP contribution in [0.3, 0.4) is 0 Å². The molecule has 1 aliphatic carbocycles. The predicted octanol–water partition coefficient (Wildman–Crippen LogP) is 3.50. The van der Waals surface area contributed by atoms with Gasteiger partial charge in [0.25, 0.3) is 0 Å². The number of rotatable bonds is 4. The number of ether oxygens (including phenoxy) is 1. The van der Waals surface area contributed by atoms with Crippen LogP contribution in [0, 0.1) is 6.92 Å². The molecule has 0 radical (unpaired) electrons. The average Bonchev–Trinajstić information content (AvgIpc) is 2.88. The molecule has 0 heterocycles. The van der Waals surface area contributed by atoms with E-state index < -0.39 is 0 Å². The monoisotopic (exact) mass is 265 g/mol. The SMILES string of the molecule is COc1cc(C)c(SC)cc1C1(CN)CCCC1. The first-order valence-corrected chi connectivity index (χ1v) is 7.82.